The van der Waals surface area contributed by atoms with Gasteiger partial charge in [-0.3, -0.25) is 0 Å². The third kappa shape index (κ3) is 3.51. The molecule has 0 unspecified atom stereocenters. The quantitative estimate of drug-likeness (QED) is 0.650. The molecule has 0 aliphatic carbocycles. The van der Waals surface area contributed by atoms with E-state index in [1.54, 1.807) is 18.2 Å². The van der Waals surface area contributed by atoms with Gasteiger partial charge in [0.25, 0.3) is 0 Å². The third-order valence-electron chi connectivity index (χ3n) is 1.46. The summed E-state index contributed by atoms with van der Waals surface area (Å²) in [5.41, 5.74) is 0. The Bertz CT molecular complexity index is 284. The second-order valence-corrected chi connectivity index (χ2v) is 3.05. The highest BCUT2D eigenvalue weighted by molar-refractivity contribution is 9.09. The van der Waals surface area contributed by atoms with E-state index in [2.05, 4.69) is 15.9 Å². The van der Waals surface area contributed by atoms with Gasteiger partial charge in [0, 0.05) is 5.33 Å². The molecular weight excluding hydrogens is 232 g/mol. The van der Waals surface area contributed by atoms with Gasteiger partial charge in [-0.05, 0) is 12.1 Å². The average molecular weight is 243 g/mol. The lowest BCUT2D eigenvalue weighted by atomic mass is 10.3. The highest BCUT2D eigenvalue weighted by atomic mass is 79.9. The van der Waals surface area contributed by atoms with Crippen molar-refractivity contribution >= 4 is 15.9 Å². The van der Waals surface area contributed by atoms with E-state index in [1.165, 1.54) is 0 Å². The highest BCUT2D eigenvalue weighted by Gasteiger charge is 1.97. The summed E-state index contributed by atoms with van der Waals surface area (Å²) in [6.45, 7) is 0.475. The Morgan fingerprint density at radius 1 is 1.31 bits per heavy atom. The molecule has 0 saturated carbocycles. The van der Waals surface area contributed by atoms with Gasteiger partial charge < -0.3 is 9.84 Å². The fraction of sp³-hybridized carbons (Fsp3) is 0.200. The lowest BCUT2D eigenvalue weighted by molar-refractivity contribution is 0.336. The largest absolute Gasteiger partial charge is 0.504 e. The Morgan fingerprint density at radius 3 is 2.77 bits per heavy atom. The third-order valence-corrected chi connectivity index (χ3v) is 1.83. The molecule has 70 valence electrons. The van der Waals surface area contributed by atoms with Crippen LogP contribution in [0, 0.1) is 0 Å². The Morgan fingerprint density at radius 2 is 2.08 bits per heavy atom. The van der Waals surface area contributed by atoms with Crippen molar-refractivity contribution in [1.29, 1.82) is 0 Å². The number of rotatable bonds is 4. The van der Waals surface area contributed by atoms with Crippen molar-refractivity contribution in [2.24, 2.45) is 0 Å². The standard InChI is InChI=1S/C10H11BrO2/c11-7-3-4-8-13-10-6-2-1-5-9(10)12/h1-6,12H,7-8H2/b4-3+. The summed E-state index contributed by atoms with van der Waals surface area (Å²) in [6.07, 6.45) is 3.83. The van der Waals surface area contributed by atoms with Crippen molar-refractivity contribution in [3.8, 4) is 11.5 Å². The predicted octanol–water partition coefficient (Wildman–Crippen LogP) is 2.72. The SMILES string of the molecule is Oc1ccccc1OC/C=C/CBr. The molecule has 0 saturated heterocycles. The number of hydrogen-bond acceptors (Lipinski definition) is 2. The number of para-hydroxylation sites is 2. The van der Waals surface area contributed by atoms with Gasteiger partial charge in [0.15, 0.2) is 11.5 Å². The molecule has 0 bridgehead atoms. The normalized spacial score (nSPS) is 10.5. The fourth-order valence-electron chi connectivity index (χ4n) is 0.848. The molecule has 0 aliphatic rings. The van der Waals surface area contributed by atoms with Gasteiger partial charge in [0.2, 0.25) is 0 Å². The summed E-state index contributed by atoms with van der Waals surface area (Å²) in [5, 5.41) is 10.1. The second kappa shape index (κ2) is 5.65. The monoisotopic (exact) mass is 242 g/mol. The summed E-state index contributed by atoms with van der Waals surface area (Å²) >= 11 is 3.26. The van der Waals surface area contributed by atoms with Gasteiger partial charge in [0.1, 0.15) is 6.61 Å². The second-order valence-electron chi connectivity index (χ2n) is 2.40. The van der Waals surface area contributed by atoms with Crippen LogP contribution in [-0.2, 0) is 0 Å². The highest BCUT2D eigenvalue weighted by Crippen LogP contribution is 2.23. The molecule has 0 atom stereocenters. The van der Waals surface area contributed by atoms with Crippen LogP contribution in [0.2, 0.25) is 0 Å². The minimum Gasteiger partial charge on any atom is -0.504 e. The summed E-state index contributed by atoms with van der Waals surface area (Å²) in [4.78, 5) is 0. The smallest absolute Gasteiger partial charge is 0.161 e. The van der Waals surface area contributed by atoms with Crippen LogP contribution in [0.4, 0.5) is 0 Å². The number of hydrogen-bond donors (Lipinski definition) is 1. The Hall–Kier alpha value is -0.960. The van der Waals surface area contributed by atoms with E-state index in [0.717, 1.165) is 5.33 Å². The molecule has 0 aliphatic heterocycles. The molecule has 0 amide bonds. The fourth-order valence-corrected chi connectivity index (χ4v) is 1.11. The van der Waals surface area contributed by atoms with E-state index in [0.29, 0.717) is 12.4 Å². The molecule has 0 fully saturated rings. The first kappa shape index (κ1) is 10.1. The molecule has 13 heavy (non-hydrogen) atoms. The first-order valence-electron chi connectivity index (χ1n) is 3.96. The first-order chi connectivity index (χ1) is 6.34. The van der Waals surface area contributed by atoms with Crippen molar-refractivity contribution in [3.05, 3.63) is 36.4 Å². The zero-order valence-corrected chi connectivity index (χ0v) is 8.70. The Kier molecular flexibility index (Phi) is 4.40. The minimum absolute atomic E-state index is 0.176. The van der Waals surface area contributed by atoms with Crippen molar-refractivity contribution < 1.29 is 9.84 Å². The molecule has 1 rings (SSSR count). The van der Waals surface area contributed by atoms with Crippen LogP contribution in [0.15, 0.2) is 36.4 Å². The van der Waals surface area contributed by atoms with Crippen molar-refractivity contribution in [2.45, 2.75) is 0 Å². The molecule has 0 heterocycles. The van der Waals surface area contributed by atoms with Gasteiger partial charge in [-0.1, -0.05) is 40.2 Å². The molecule has 0 spiro atoms. The van der Waals surface area contributed by atoms with Crippen molar-refractivity contribution in [2.75, 3.05) is 11.9 Å². The number of alkyl halides is 1. The van der Waals surface area contributed by atoms with Crippen LogP contribution < -0.4 is 4.74 Å². The number of halogens is 1. The predicted molar refractivity (Wildman–Crippen MR) is 56.5 cm³/mol. The van der Waals surface area contributed by atoms with Crippen LogP contribution in [0.1, 0.15) is 0 Å². The molecule has 1 aromatic carbocycles. The first-order valence-corrected chi connectivity index (χ1v) is 5.08. The maximum atomic E-state index is 9.31. The van der Waals surface area contributed by atoms with E-state index in [-0.39, 0.29) is 5.75 Å². The van der Waals surface area contributed by atoms with Crippen LogP contribution >= 0.6 is 15.9 Å². The number of phenolic OH excluding ortho intramolecular Hbond substituents is 1. The maximum absolute atomic E-state index is 9.31. The van der Waals surface area contributed by atoms with Crippen LogP contribution in [0.3, 0.4) is 0 Å². The number of aromatic hydroxyl groups is 1. The zero-order valence-electron chi connectivity index (χ0n) is 7.11. The zero-order chi connectivity index (χ0) is 9.52. The number of ether oxygens (including phenoxy) is 1. The van der Waals surface area contributed by atoms with Crippen LogP contribution in [-0.4, -0.2) is 17.0 Å². The maximum Gasteiger partial charge on any atom is 0.161 e. The average Bonchev–Trinajstić information content (AvgIpc) is 2.15. The molecule has 2 nitrogen and oxygen atoms in total. The van der Waals surface area contributed by atoms with E-state index >= 15 is 0 Å². The lowest BCUT2D eigenvalue weighted by Gasteiger charge is -2.03. The summed E-state index contributed by atoms with van der Waals surface area (Å²) in [5.74, 6) is 0.691. The van der Waals surface area contributed by atoms with Crippen molar-refractivity contribution in [1.82, 2.24) is 0 Å². The van der Waals surface area contributed by atoms with Gasteiger partial charge in [-0.25, -0.2) is 0 Å². The van der Waals surface area contributed by atoms with Gasteiger partial charge in [-0.2, -0.15) is 0 Å². The van der Waals surface area contributed by atoms with Gasteiger partial charge in [-0.15, -0.1) is 0 Å². The van der Waals surface area contributed by atoms with E-state index in [1.807, 2.05) is 18.2 Å². The molecule has 3 heteroatoms. The molecule has 0 aromatic heterocycles. The molecule has 1 N–H and O–H groups in total. The number of benzene rings is 1. The Balaban J connectivity index is 2.45. The topological polar surface area (TPSA) is 29.5 Å². The lowest BCUT2D eigenvalue weighted by Crippen LogP contribution is -1.93. The molecule has 1 aromatic rings. The van der Waals surface area contributed by atoms with E-state index < -0.39 is 0 Å². The number of phenols is 1. The van der Waals surface area contributed by atoms with Crippen molar-refractivity contribution in [3.63, 3.8) is 0 Å². The molecule has 0 radical (unpaired) electrons. The van der Waals surface area contributed by atoms with E-state index in [9.17, 15) is 5.11 Å². The van der Waals surface area contributed by atoms with Crippen LogP contribution in [0.25, 0.3) is 0 Å². The Labute approximate surface area is 86.0 Å². The summed E-state index contributed by atoms with van der Waals surface area (Å²) in [7, 11) is 0. The minimum atomic E-state index is 0.176. The van der Waals surface area contributed by atoms with E-state index in [4.69, 9.17) is 4.74 Å². The van der Waals surface area contributed by atoms with Crippen LogP contribution in [0.5, 0.6) is 11.5 Å². The summed E-state index contributed by atoms with van der Waals surface area (Å²) < 4.78 is 5.28. The summed E-state index contributed by atoms with van der Waals surface area (Å²) in [6, 6.07) is 6.92. The molecular formula is C10H11BrO2. The van der Waals surface area contributed by atoms with Gasteiger partial charge in [0.05, 0.1) is 0 Å². The number of allylic oxidation sites excluding steroid dienone is 1. The van der Waals surface area contributed by atoms with Gasteiger partial charge >= 0.3 is 0 Å².